The van der Waals surface area contributed by atoms with Crippen molar-refractivity contribution in [3.63, 3.8) is 0 Å². The summed E-state index contributed by atoms with van der Waals surface area (Å²) >= 11 is 3.12. The van der Waals surface area contributed by atoms with Crippen LogP contribution in [0.4, 0.5) is 10.1 Å². The van der Waals surface area contributed by atoms with Gasteiger partial charge in [0, 0.05) is 13.1 Å². The molecule has 0 atom stereocenters. The van der Waals surface area contributed by atoms with Crippen molar-refractivity contribution >= 4 is 21.6 Å². The number of halogens is 2. The van der Waals surface area contributed by atoms with Crippen molar-refractivity contribution in [3.05, 3.63) is 28.0 Å². The van der Waals surface area contributed by atoms with E-state index in [0.29, 0.717) is 11.3 Å². The molecule has 0 aliphatic carbocycles. The fourth-order valence-electron chi connectivity index (χ4n) is 1.59. The summed E-state index contributed by atoms with van der Waals surface area (Å²) in [5.41, 5.74) is 0.879. The summed E-state index contributed by atoms with van der Waals surface area (Å²) in [6, 6.07) is 5.25. The first-order chi connectivity index (χ1) is 7.65. The molecule has 1 rings (SSSR count). The monoisotopic (exact) mass is 284 g/mol. The van der Waals surface area contributed by atoms with Gasteiger partial charge in [-0.25, -0.2) is 4.39 Å². The summed E-state index contributed by atoms with van der Waals surface area (Å²) in [4.78, 5) is 1.96. The number of hydrogen-bond acceptors (Lipinski definition) is 2. The molecule has 1 aromatic carbocycles. The van der Waals surface area contributed by atoms with E-state index in [2.05, 4.69) is 22.9 Å². The highest BCUT2D eigenvalue weighted by Gasteiger charge is 2.14. The van der Waals surface area contributed by atoms with Gasteiger partial charge in [-0.1, -0.05) is 6.92 Å². The smallest absolute Gasteiger partial charge is 0.161 e. The van der Waals surface area contributed by atoms with E-state index in [1.807, 2.05) is 17.9 Å². The number of nitrogens with zero attached hydrogens (tertiary/aromatic N) is 2. The molecule has 0 unspecified atom stereocenters. The summed E-state index contributed by atoms with van der Waals surface area (Å²) < 4.78 is 14.2. The van der Waals surface area contributed by atoms with E-state index < -0.39 is 0 Å². The second-order valence-electron chi connectivity index (χ2n) is 3.45. The minimum atomic E-state index is -0.352. The van der Waals surface area contributed by atoms with E-state index >= 15 is 0 Å². The first-order valence-electron chi connectivity index (χ1n) is 5.28. The summed E-state index contributed by atoms with van der Waals surface area (Å²) in [5.74, 6) is -0.352. The van der Waals surface area contributed by atoms with Gasteiger partial charge >= 0.3 is 0 Å². The molecule has 0 amide bonds. The largest absolute Gasteiger partial charge is 0.369 e. The zero-order valence-electron chi connectivity index (χ0n) is 9.43. The molecule has 1 aromatic rings. The van der Waals surface area contributed by atoms with Gasteiger partial charge in [0.15, 0.2) is 5.82 Å². The van der Waals surface area contributed by atoms with E-state index in [9.17, 15) is 4.39 Å². The lowest BCUT2D eigenvalue weighted by atomic mass is 10.2. The molecular weight excluding hydrogens is 271 g/mol. The fraction of sp³-hybridized carbons (Fsp3) is 0.417. The lowest BCUT2D eigenvalue weighted by Crippen LogP contribution is -2.24. The van der Waals surface area contributed by atoms with Crippen LogP contribution in [0.5, 0.6) is 0 Å². The SMILES string of the molecule is CCCN(CC)c1ccc(C#N)c(Br)c1F. The summed E-state index contributed by atoms with van der Waals surface area (Å²) in [6.07, 6.45) is 0.963. The quantitative estimate of drug-likeness (QED) is 0.843. The molecule has 0 aliphatic heterocycles. The van der Waals surface area contributed by atoms with Gasteiger partial charge in [-0.2, -0.15) is 5.26 Å². The van der Waals surface area contributed by atoms with E-state index in [0.717, 1.165) is 19.5 Å². The minimum Gasteiger partial charge on any atom is -0.369 e. The molecule has 0 spiro atoms. The Kier molecular flexibility index (Phi) is 4.75. The van der Waals surface area contributed by atoms with Crippen molar-refractivity contribution in [3.8, 4) is 6.07 Å². The minimum absolute atomic E-state index is 0.252. The van der Waals surface area contributed by atoms with Crippen molar-refractivity contribution in [1.29, 1.82) is 5.26 Å². The molecular formula is C12H14BrFN2. The topological polar surface area (TPSA) is 27.0 Å². The predicted octanol–water partition coefficient (Wildman–Crippen LogP) is 3.70. The molecule has 0 fully saturated rings. The maximum Gasteiger partial charge on any atom is 0.161 e. The number of rotatable bonds is 4. The molecule has 0 saturated carbocycles. The van der Waals surface area contributed by atoms with Gasteiger partial charge in [-0.05, 0) is 41.4 Å². The van der Waals surface area contributed by atoms with Crippen LogP contribution in [0, 0.1) is 17.1 Å². The van der Waals surface area contributed by atoms with Crippen molar-refractivity contribution < 1.29 is 4.39 Å². The number of hydrogen-bond donors (Lipinski definition) is 0. The Balaban J connectivity index is 3.16. The van der Waals surface area contributed by atoms with E-state index in [-0.39, 0.29) is 10.3 Å². The molecule has 0 aromatic heterocycles. The highest BCUT2D eigenvalue weighted by atomic mass is 79.9. The van der Waals surface area contributed by atoms with Crippen LogP contribution in [0.15, 0.2) is 16.6 Å². The Morgan fingerprint density at radius 1 is 1.44 bits per heavy atom. The second kappa shape index (κ2) is 5.86. The Hall–Kier alpha value is -1.08. The highest BCUT2D eigenvalue weighted by Crippen LogP contribution is 2.29. The standard InChI is InChI=1S/C12H14BrFN2/c1-3-7-16(4-2)10-6-5-9(8-15)11(13)12(10)14/h5-6H,3-4,7H2,1-2H3. The zero-order chi connectivity index (χ0) is 12.1. The third kappa shape index (κ3) is 2.53. The first kappa shape index (κ1) is 13.0. The lowest BCUT2D eigenvalue weighted by molar-refractivity contribution is 0.610. The van der Waals surface area contributed by atoms with Crippen LogP contribution < -0.4 is 4.90 Å². The van der Waals surface area contributed by atoms with E-state index in [1.165, 1.54) is 0 Å². The maximum absolute atomic E-state index is 14.0. The van der Waals surface area contributed by atoms with Gasteiger partial charge in [0.1, 0.15) is 6.07 Å². The number of anilines is 1. The molecule has 0 N–H and O–H groups in total. The van der Waals surface area contributed by atoms with Crippen LogP contribution in [0.3, 0.4) is 0 Å². The van der Waals surface area contributed by atoms with Crippen LogP contribution in [0.25, 0.3) is 0 Å². The third-order valence-corrected chi connectivity index (χ3v) is 3.17. The molecule has 0 aliphatic rings. The Bertz CT molecular complexity index is 412. The Morgan fingerprint density at radius 3 is 2.62 bits per heavy atom. The Morgan fingerprint density at radius 2 is 2.12 bits per heavy atom. The molecule has 0 heterocycles. The molecule has 2 nitrogen and oxygen atoms in total. The van der Waals surface area contributed by atoms with Gasteiger partial charge in [-0.15, -0.1) is 0 Å². The van der Waals surface area contributed by atoms with Crippen LogP contribution in [0.2, 0.25) is 0 Å². The van der Waals surface area contributed by atoms with Crippen LogP contribution in [-0.4, -0.2) is 13.1 Å². The molecule has 0 bridgehead atoms. The average Bonchev–Trinajstić information content (AvgIpc) is 2.30. The van der Waals surface area contributed by atoms with Crippen molar-refractivity contribution in [2.45, 2.75) is 20.3 Å². The maximum atomic E-state index is 14.0. The average molecular weight is 285 g/mol. The number of nitriles is 1. The predicted molar refractivity (Wildman–Crippen MR) is 67.0 cm³/mol. The summed E-state index contributed by atoms with van der Waals surface area (Å²) in [5, 5.41) is 8.77. The van der Waals surface area contributed by atoms with Crippen LogP contribution >= 0.6 is 15.9 Å². The summed E-state index contributed by atoms with van der Waals surface area (Å²) in [7, 11) is 0. The molecule has 4 heteroatoms. The first-order valence-corrected chi connectivity index (χ1v) is 6.08. The summed E-state index contributed by atoms with van der Waals surface area (Å²) in [6.45, 7) is 5.61. The van der Waals surface area contributed by atoms with Gasteiger partial charge in [0.05, 0.1) is 15.7 Å². The number of benzene rings is 1. The van der Waals surface area contributed by atoms with Gasteiger partial charge < -0.3 is 4.90 Å². The normalized spacial score (nSPS) is 9.94. The van der Waals surface area contributed by atoms with Gasteiger partial charge in [0.2, 0.25) is 0 Å². The second-order valence-corrected chi connectivity index (χ2v) is 4.24. The van der Waals surface area contributed by atoms with Crippen molar-refractivity contribution in [1.82, 2.24) is 0 Å². The van der Waals surface area contributed by atoms with Crippen molar-refractivity contribution in [2.75, 3.05) is 18.0 Å². The molecule has 16 heavy (non-hydrogen) atoms. The third-order valence-electron chi connectivity index (χ3n) is 2.40. The van der Waals surface area contributed by atoms with Crippen molar-refractivity contribution in [2.24, 2.45) is 0 Å². The van der Waals surface area contributed by atoms with Gasteiger partial charge in [-0.3, -0.25) is 0 Å². The molecule has 86 valence electrons. The van der Waals surface area contributed by atoms with E-state index in [1.54, 1.807) is 12.1 Å². The lowest BCUT2D eigenvalue weighted by Gasteiger charge is -2.23. The van der Waals surface area contributed by atoms with Crippen LogP contribution in [-0.2, 0) is 0 Å². The Labute approximate surface area is 104 Å². The highest BCUT2D eigenvalue weighted by molar-refractivity contribution is 9.10. The molecule has 0 saturated heterocycles. The van der Waals surface area contributed by atoms with E-state index in [4.69, 9.17) is 5.26 Å². The van der Waals surface area contributed by atoms with Gasteiger partial charge in [0.25, 0.3) is 0 Å². The fourth-order valence-corrected chi connectivity index (χ4v) is 2.01. The molecule has 0 radical (unpaired) electrons. The van der Waals surface area contributed by atoms with Crippen LogP contribution in [0.1, 0.15) is 25.8 Å². The zero-order valence-corrected chi connectivity index (χ0v) is 11.0.